The molecule has 0 saturated carbocycles. The fraction of sp³-hybridized carbons (Fsp3) is 0.240. The number of amides is 1. The summed E-state index contributed by atoms with van der Waals surface area (Å²) < 4.78 is 42.1. The molecule has 0 N–H and O–H groups in total. The fourth-order valence-electron chi connectivity index (χ4n) is 4.09. The van der Waals surface area contributed by atoms with Gasteiger partial charge in [-0.25, -0.2) is 13.2 Å². The fourth-order valence-corrected chi connectivity index (χ4v) is 4.09. The molecule has 6 heteroatoms. The molecule has 0 unspecified atom stereocenters. The Bertz CT molecular complexity index is 1060. The normalized spacial score (nSPS) is 15.7. The maximum atomic E-state index is 14.4. The molecule has 1 saturated heterocycles. The van der Waals surface area contributed by atoms with Crippen molar-refractivity contribution in [3.8, 4) is 0 Å². The molecule has 4 rings (SSSR count). The molecule has 3 aromatic carbocycles. The minimum atomic E-state index is -0.844. The van der Waals surface area contributed by atoms with Crippen LogP contribution in [0.3, 0.4) is 0 Å². The summed E-state index contributed by atoms with van der Waals surface area (Å²) in [7, 11) is 0. The number of carbonyl (C=O) groups is 1. The van der Waals surface area contributed by atoms with E-state index in [1.807, 2.05) is 30.3 Å². The Hall–Kier alpha value is -3.12. The highest BCUT2D eigenvalue weighted by molar-refractivity contribution is 5.95. The number of aryl methyl sites for hydroxylation is 1. The van der Waals surface area contributed by atoms with E-state index < -0.39 is 23.1 Å². The molecule has 3 aromatic rings. The van der Waals surface area contributed by atoms with E-state index in [0.717, 1.165) is 17.2 Å². The van der Waals surface area contributed by atoms with Gasteiger partial charge in [-0.2, -0.15) is 0 Å². The lowest BCUT2D eigenvalue weighted by atomic mass is 9.96. The van der Waals surface area contributed by atoms with Crippen molar-refractivity contribution in [2.45, 2.75) is 13.0 Å². The van der Waals surface area contributed by atoms with E-state index in [-0.39, 0.29) is 17.4 Å². The summed E-state index contributed by atoms with van der Waals surface area (Å²) in [5.41, 5.74) is 1.75. The highest BCUT2D eigenvalue weighted by atomic mass is 19.1. The molecule has 0 aliphatic carbocycles. The van der Waals surface area contributed by atoms with Gasteiger partial charge in [-0.05, 0) is 41.8 Å². The first-order valence-corrected chi connectivity index (χ1v) is 10.2. The lowest BCUT2D eigenvalue weighted by molar-refractivity contribution is 0.0588. The van der Waals surface area contributed by atoms with E-state index in [4.69, 9.17) is 0 Å². The molecule has 0 spiro atoms. The Balaban J connectivity index is 1.55. The summed E-state index contributed by atoms with van der Waals surface area (Å²) >= 11 is 0. The first-order valence-electron chi connectivity index (χ1n) is 10.2. The van der Waals surface area contributed by atoms with Crippen LogP contribution in [0.25, 0.3) is 0 Å². The molecule has 1 amide bonds. The molecule has 0 radical (unpaired) electrons. The number of carbonyl (C=O) groups excluding carboxylic acids is 1. The predicted octanol–water partition coefficient (Wildman–Crippen LogP) is 4.96. The Kier molecular flexibility index (Phi) is 6.09. The SMILES string of the molecule is Cc1ccc(F)c(C(=O)N2CCN([C@@H](c3ccccc3)c3ccc(F)cc3)CC2)c1F. The Morgan fingerprint density at radius 2 is 1.42 bits per heavy atom. The minimum Gasteiger partial charge on any atom is -0.336 e. The van der Waals surface area contributed by atoms with Gasteiger partial charge in [0.15, 0.2) is 0 Å². The van der Waals surface area contributed by atoms with Gasteiger partial charge in [0, 0.05) is 26.2 Å². The second-order valence-electron chi connectivity index (χ2n) is 7.75. The molecule has 31 heavy (non-hydrogen) atoms. The minimum absolute atomic E-state index is 0.105. The number of nitrogens with zero attached hydrogens (tertiary/aromatic N) is 2. The molecule has 160 valence electrons. The summed E-state index contributed by atoms with van der Waals surface area (Å²) in [5, 5.41) is 0. The first kappa shape index (κ1) is 21.1. The van der Waals surface area contributed by atoms with Crippen LogP contribution in [0.4, 0.5) is 13.2 Å². The molecule has 0 bridgehead atoms. The van der Waals surface area contributed by atoms with Gasteiger partial charge in [-0.1, -0.05) is 48.5 Å². The Morgan fingerprint density at radius 3 is 2.06 bits per heavy atom. The van der Waals surface area contributed by atoms with Crippen LogP contribution >= 0.6 is 0 Å². The third kappa shape index (κ3) is 4.35. The van der Waals surface area contributed by atoms with Crippen molar-refractivity contribution in [1.82, 2.24) is 9.80 Å². The van der Waals surface area contributed by atoms with Crippen LogP contribution in [-0.4, -0.2) is 41.9 Å². The summed E-state index contributed by atoms with van der Waals surface area (Å²) in [6, 6.07) is 18.6. The second kappa shape index (κ2) is 8.94. The summed E-state index contributed by atoms with van der Waals surface area (Å²) in [4.78, 5) is 16.5. The molecule has 1 aliphatic heterocycles. The van der Waals surface area contributed by atoms with Crippen molar-refractivity contribution >= 4 is 5.91 Å². The Labute approximate surface area is 179 Å². The third-order valence-corrected chi connectivity index (χ3v) is 5.77. The summed E-state index contributed by atoms with van der Waals surface area (Å²) in [5.74, 6) is -2.57. The quantitative estimate of drug-likeness (QED) is 0.591. The number of halogens is 3. The van der Waals surface area contributed by atoms with Gasteiger partial charge in [-0.15, -0.1) is 0 Å². The first-order chi connectivity index (χ1) is 15.0. The Morgan fingerprint density at radius 1 is 0.806 bits per heavy atom. The van der Waals surface area contributed by atoms with Crippen LogP contribution in [-0.2, 0) is 0 Å². The van der Waals surface area contributed by atoms with Crippen molar-refractivity contribution < 1.29 is 18.0 Å². The lowest BCUT2D eigenvalue weighted by Gasteiger charge is -2.40. The second-order valence-corrected chi connectivity index (χ2v) is 7.75. The van der Waals surface area contributed by atoms with E-state index in [9.17, 15) is 18.0 Å². The maximum absolute atomic E-state index is 14.4. The zero-order chi connectivity index (χ0) is 22.0. The molecule has 0 aromatic heterocycles. The maximum Gasteiger partial charge on any atom is 0.259 e. The van der Waals surface area contributed by atoms with Crippen molar-refractivity contribution in [3.05, 3.63) is 106 Å². The number of benzene rings is 3. The van der Waals surface area contributed by atoms with E-state index in [1.54, 1.807) is 12.1 Å². The molecule has 1 fully saturated rings. The summed E-state index contributed by atoms with van der Waals surface area (Å²) in [6.07, 6.45) is 0. The van der Waals surface area contributed by atoms with Crippen LogP contribution in [0.2, 0.25) is 0 Å². The van der Waals surface area contributed by atoms with Crippen LogP contribution < -0.4 is 0 Å². The zero-order valence-corrected chi connectivity index (χ0v) is 17.2. The molecule has 1 atom stereocenters. The highest BCUT2D eigenvalue weighted by Crippen LogP contribution is 2.30. The number of piperazine rings is 1. The lowest BCUT2D eigenvalue weighted by Crippen LogP contribution is -2.50. The average Bonchev–Trinajstić information content (AvgIpc) is 2.79. The van der Waals surface area contributed by atoms with Gasteiger partial charge in [0.1, 0.15) is 23.0 Å². The largest absolute Gasteiger partial charge is 0.336 e. The molecular formula is C25H23F3N2O. The third-order valence-electron chi connectivity index (χ3n) is 5.77. The smallest absolute Gasteiger partial charge is 0.259 e. The average molecular weight is 424 g/mol. The van der Waals surface area contributed by atoms with Crippen molar-refractivity contribution in [2.75, 3.05) is 26.2 Å². The highest BCUT2D eigenvalue weighted by Gasteiger charge is 2.31. The van der Waals surface area contributed by atoms with E-state index >= 15 is 0 Å². The molecule has 1 heterocycles. The van der Waals surface area contributed by atoms with Crippen LogP contribution in [0.1, 0.15) is 33.1 Å². The molecule has 3 nitrogen and oxygen atoms in total. The van der Waals surface area contributed by atoms with Crippen LogP contribution in [0.5, 0.6) is 0 Å². The number of hydrogen-bond donors (Lipinski definition) is 0. The van der Waals surface area contributed by atoms with E-state index in [0.29, 0.717) is 26.2 Å². The van der Waals surface area contributed by atoms with Crippen LogP contribution in [0, 0.1) is 24.4 Å². The standard InChI is InChI=1S/C25H23F3N2O/c1-17-7-12-21(27)22(23(17)28)25(31)30-15-13-29(14-16-30)24(18-5-3-2-4-6-18)19-8-10-20(26)11-9-19/h2-12,24H,13-16H2,1H3/t24-/m0/s1. The van der Waals surface area contributed by atoms with Gasteiger partial charge in [0.2, 0.25) is 0 Å². The van der Waals surface area contributed by atoms with Gasteiger partial charge < -0.3 is 4.90 Å². The van der Waals surface area contributed by atoms with Crippen LogP contribution in [0.15, 0.2) is 66.7 Å². The number of hydrogen-bond acceptors (Lipinski definition) is 2. The van der Waals surface area contributed by atoms with Gasteiger partial charge in [-0.3, -0.25) is 9.69 Å². The molecular weight excluding hydrogens is 401 g/mol. The topological polar surface area (TPSA) is 23.6 Å². The van der Waals surface area contributed by atoms with E-state index in [2.05, 4.69) is 4.90 Å². The number of rotatable bonds is 4. The van der Waals surface area contributed by atoms with E-state index in [1.165, 1.54) is 30.0 Å². The van der Waals surface area contributed by atoms with Gasteiger partial charge in [0.05, 0.1) is 6.04 Å². The van der Waals surface area contributed by atoms with Crippen molar-refractivity contribution in [2.24, 2.45) is 0 Å². The monoisotopic (exact) mass is 424 g/mol. The molecule has 1 aliphatic rings. The van der Waals surface area contributed by atoms with Gasteiger partial charge >= 0.3 is 0 Å². The summed E-state index contributed by atoms with van der Waals surface area (Å²) in [6.45, 7) is 3.25. The zero-order valence-electron chi connectivity index (χ0n) is 17.2. The van der Waals surface area contributed by atoms with Crippen molar-refractivity contribution in [1.29, 1.82) is 0 Å². The van der Waals surface area contributed by atoms with Gasteiger partial charge in [0.25, 0.3) is 5.91 Å². The predicted molar refractivity (Wildman–Crippen MR) is 113 cm³/mol. The van der Waals surface area contributed by atoms with Crippen molar-refractivity contribution in [3.63, 3.8) is 0 Å².